The van der Waals surface area contributed by atoms with Crippen LogP contribution in [-0.4, -0.2) is 23.4 Å². The molecule has 0 aliphatic rings. The van der Waals surface area contributed by atoms with Crippen molar-refractivity contribution in [3.63, 3.8) is 0 Å². The van der Waals surface area contributed by atoms with Crippen LogP contribution in [0.5, 0.6) is 0 Å². The average molecular weight is 377 g/mol. The van der Waals surface area contributed by atoms with E-state index in [9.17, 15) is 12.8 Å². The van der Waals surface area contributed by atoms with Gasteiger partial charge < -0.3 is 0 Å². The lowest BCUT2D eigenvalue weighted by molar-refractivity contribution is 0.560. The van der Waals surface area contributed by atoms with E-state index >= 15 is 0 Å². The minimum Gasteiger partial charge on any atom is -0.235 e. The summed E-state index contributed by atoms with van der Waals surface area (Å²) in [5.74, 6) is -0.278. The molecule has 0 saturated carbocycles. The zero-order valence-corrected chi connectivity index (χ0v) is 14.1. The van der Waals surface area contributed by atoms with Crippen LogP contribution in [0.4, 0.5) is 4.39 Å². The van der Waals surface area contributed by atoms with Gasteiger partial charge in [0.2, 0.25) is 5.03 Å². The van der Waals surface area contributed by atoms with E-state index in [-0.39, 0.29) is 22.0 Å². The summed E-state index contributed by atoms with van der Waals surface area (Å²) in [6, 6.07) is 3.22. The molecular formula is C12H14BrFN4O2S. The molecule has 0 aliphatic heterocycles. The number of hydrogen-bond acceptors (Lipinski definition) is 4. The first-order valence-electron chi connectivity index (χ1n) is 6.03. The van der Waals surface area contributed by atoms with Crippen LogP contribution in [0.15, 0.2) is 21.8 Å². The highest BCUT2D eigenvalue weighted by Gasteiger charge is 2.23. The molecule has 0 amide bonds. The topological polar surface area (TPSA) is 76.9 Å². The molecule has 21 heavy (non-hydrogen) atoms. The summed E-state index contributed by atoms with van der Waals surface area (Å²) in [5.41, 5.74) is 1.64. The molecule has 1 N–H and O–H groups in total. The highest BCUT2D eigenvalue weighted by atomic mass is 79.9. The van der Waals surface area contributed by atoms with E-state index in [1.165, 1.54) is 7.05 Å². The van der Waals surface area contributed by atoms with Crippen molar-refractivity contribution in [3.05, 3.63) is 39.2 Å². The number of nitrogens with zero attached hydrogens (tertiary/aromatic N) is 3. The number of halogens is 2. The van der Waals surface area contributed by atoms with Crippen molar-refractivity contribution in [1.82, 2.24) is 19.7 Å². The molecule has 0 spiro atoms. The maximum atomic E-state index is 13.5. The Balaban J connectivity index is 2.24. The third-order valence-corrected chi connectivity index (χ3v) is 5.24. The van der Waals surface area contributed by atoms with Gasteiger partial charge in [-0.05, 0) is 46.5 Å². The maximum absolute atomic E-state index is 13.5. The van der Waals surface area contributed by atoms with Crippen LogP contribution in [0.1, 0.15) is 16.7 Å². The lowest BCUT2D eigenvalue weighted by atomic mass is 10.1. The van der Waals surface area contributed by atoms with Crippen LogP contribution >= 0.6 is 15.9 Å². The molecule has 0 unspecified atom stereocenters. The van der Waals surface area contributed by atoms with E-state index in [1.54, 1.807) is 26.0 Å². The predicted octanol–water partition coefficient (Wildman–Crippen LogP) is 1.81. The van der Waals surface area contributed by atoms with Gasteiger partial charge in [0.25, 0.3) is 10.0 Å². The van der Waals surface area contributed by atoms with Crippen molar-refractivity contribution in [2.75, 3.05) is 0 Å². The van der Waals surface area contributed by atoms with Crippen molar-refractivity contribution >= 4 is 26.0 Å². The summed E-state index contributed by atoms with van der Waals surface area (Å²) in [4.78, 5) is 0. The number of benzene rings is 1. The Bertz CT molecular complexity index is 746. The zero-order valence-electron chi connectivity index (χ0n) is 11.7. The molecule has 0 bridgehead atoms. The van der Waals surface area contributed by atoms with Gasteiger partial charge in [0, 0.05) is 13.6 Å². The fourth-order valence-corrected chi connectivity index (χ4v) is 4.10. The molecule has 0 fully saturated rings. The molecular weight excluding hydrogens is 363 g/mol. The second-order valence-corrected chi connectivity index (χ2v) is 7.11. The molecule has 1 heterocycles. The molecule has 1 aromatic carbocycles. The molecule has 9 heteroatoms. The largest absolute Gasteiger partial charge is 0.260 e. The first-order valence-corrected chi connectivity index (χ1v) is 8.30. The van der Waals surface area contributed by atoms with Crippen molar-refractivity contribution in [1.29, 1.82) is 0 Å². The van der Waals surface area contributed by atoms with Gasteiger partial charge in [-0.15, -0.1) is 5.10 Å². The molecule has 1 aromatic heterocycles. The van der Waals surface area contributed by atoms with E-state index in [2.05, 4.69) is 31.0 Å². The van der Waals surface area contributed by atoms with Crippen LogP contribution in [-0.2, 0) is 23.6 Å². The van der Waals surface area contributed by atoms with Gasteiger partial charge >= 0.3 is 0 Å². The molecule has 0 atom stereocenters. The third kappa shape index (κ3) is 3.30. The van der Waals surface area contributed by atoms with Crippen molar-refractivity contribution < 1.29 is 12.8 Å². The van der Waals surface area contributed by atoms with Crippen molar-refractivity contribution in [2.45, 2.75) is 25.4 Å². The van der Waals surface area contributed by atoms with Crippen LogP contribution in [0.25, 0.3) is 0 Å². The number of aryl methyl sites for hydroxylation is 3. The van der Waals surface area contributed by atoms with Gasteiger partial charge in [0.05, 0.1) is 0 Å². The number of hydrogen-bond donors (Lipinski definition) is 1. The Hall–Kier alpha value is -1.32. The molecule has 6 nitrogen and oxygen atoms in total. The summed E-state index contributed by atoms with van der Waals surface area (Å²) >= 11 is 3.05. The van der Waals surface area contributed by atoms with E-state index in [0.717, 1.165) is 4.68 Å². The van der Waals surface area contributed by atoms with Gasteiger partial charge in [-0.2, -0.15) is 0 Å². The molecule has 2 rings (SSSR count). The average Bonchev–Trinajstić information content (AvgIpc) is 2.73. The normalized spacial score (nSPS) is 11.9. The second kappa shape index (κ2) is 5.82. The molecule has 114 valence electrons. The Morgan fingerprint density at radius 2 is 1.90 bits per heavy atom. The van der Waals surface area contributed by atoms with Gasteiger partial charge in [-0.3, -0.25) is 0 Å². The van der Waals surface area contributed by atoms with Crippen molar-refractivity contribution in [3.8, 4) is 0 Å². The van der Waals surface area contributed by atoms with E-state index in [1.807, 2.05) is 0 Å². The quantitative estimate of drug-likeness (QED) is 0.882. The monoisotopic (exact) mass is 376 g/mol. The Labute approximate surface area is 130 Å². The lowest BCUT2D eigenvalue weighted by Gasteiger charge is -2.09. The van der Waals surface area contributed by atoms with Crippen LogP contribution < -0.4 is 4.72 Å². The first kappa shape index (κ1) is 16.1. The molecule has 0 aliphatic carbocycles. The lowest BCUT2D eigenvalue weighted by Crippen LogP contribution is -2.25. The fraction of sp³-hybridized carbons (Fsp3) is 0.333. The SMILES string of the molecule is Cc1cc(CNS(=O)(=O)c2c(Br)nnn2C)cc(C)c1F. The Morgan fingerprint density at radius 3 is 2.38 bits per heavy atom. The summed E-state index contributed by atoms with van der Waals surface area (Å²) in [5, 5.41) is 7.21. The van der Waals surface area contributed by atoms with Crippen LogP contribution in [0.2, 0.25) is 0 Å². The molecule has 2 aromatic rings. The fourth-order valence-electron chi connectivity index (χ4n) is 1.99. The summed E-state index contributed by atoms with van der Waals surface area (Å²) in [6.45, 7) is 3.34. The third-order valence-electron chi connectivity index (χ3n) is 2.95. The predicted molar refractivity (Wildman–Crippen MR) is 78.6 cm³/mol. The number of rotatable bonds is 4. The van der Waals surface area contributed by atoms with Crippen LogP contribution in [0, 0.1) is 19.7 Å². The number of aromatic nitrogens is 3. The first-order chi connectivity index (χ1) is 9.72. The highest BCUT2D eigenvalue weighted by molar-refractivity contribution is 9.10. The van der Waals surface area contributed by atoms with Gasteiger partial charge in [-0.25, -0.2) is 22.2 Å². The highest BCUT2D eigenvalue weighted by Crippen LogP contribution is 2.19. The molecule has 0 saturated heterocycles. The van der Waals surface area contributed by atoms with Crippen LogP contribution in [0.3, 0.4) is 0 Å². The minimum atomic E-state index is -3.76. The summed E-state index contributed by atoms with van der Waals surface area (Å²) in [6.07, 6.45) is 0. The second-order valence-electron chi connectivity index (χ2n) is 4.68. The Morgan fingerprint density at radius 1 is 1.33 bits per heavy atom. The van der Waals surface area contributed by atoms with Gasteiger partial charge in [0.1, 0.15) is 5.82 Å². The number of sulfonamides is 1. The number of nitrogens with one attached hydrogen (secondary N) is 1. The van der Waals surface area contributed by atoms with Gasteiger partial charge in [-0.1, -0.05) is 17.3 Å². The zero-order chi connectivity index (χ0) is 15.8. The minimum absolute atomic E-state index is 0.0574. The van der Waals surface area contributed by atoms with E-state index in [4.69, 9.17) is 0 Å². The van der Waals surface area contributed by atoms with E-state index < -0.39 is 10.0 Å². The smallest absolute Gasteiger partial charge is 0.235 e. The molecule has 0 radical (unpaired) electrons. The summed E-state index contributed by atoms with van der Waals surface area (Å²) < 4.78 is 41.8. The van der Waals surface area contributed by atoms with Gasteiger partial charge in [0.15, 0.2) is 4.60 Å². The van der Waals surface area contributed by atoms with Crippen molar-refractivity contribution in [2.24, 2.45) is 7.05 Å². The standard InChI is InChI=1S/C12H14BrFN4O2S/c1-7-4-9(5-8(2)10(7)14)6-15-21(19,20)12-11(13)16-17-18(12)3/h4-5,15H,6H2,1-3H3. The van der Waals surface area contributed by atoms with E-state index in [0.29, 0.717) is 16.7 Å². The Kier molecular flexibility index (Phi) is 4.45. The summed E-state index contributed by atoms with van der Waals surface area (Å²) in [7, 11) is -2.28. The maximum Gasteiger partial charge on any atom is 0.260 e.